The minimum absolute atomic E-state index is 0.116. The fourth-order valence-corrected chi connectivity index (χ4v) is 3.60. The number of rotatable bonds is 8. The number of aromatic nitrogens is 2. The smallest absolute Gasteiger partial charge is 0.245 e. The minimum atomic E-state index is -0.342. The number of anilines is 1. The number of hydrogen-bond acceptors (Lipinski definition) is 4. The molecule has 0 spiro atoms. The second-order valence-electron chi connectivity index (χ2n) is 9.65. The molecular formula is C25H30Cl2N4O3. The number of carbonyl (C=O) groups is 2. The number of halogens is 2. The van der Waals surface area contributed by atoms with E-state index in [-0.39, 0.29) is 36.2 Å². The summed E-state index contributed by atoms with van der Waals surface area (Å²) in [6.07, 6.45) is 1.88. The number of amides is 2. The van der Waals surface area contributed by atoms with E-state index in [2.05, 4.69) is 5.32 Å². The lowest BCUT2D eigenvalue weighted by atomic mass is 9.92. The quantitative estimate of drug-likeness (QED) is 0.402. The van der Waals surface area contributed by atoms with Gasteiger partial charge < -0.3 is 14.6 Å². The third kappa shape index (κ3) is 6.64. The van der Waals surface area contributed by atoms with Gasteiger partial charge in [-0.05, 0) is 36.2 Å². The van der Waals surface area contributed by atoms with Gasteiger partial charge in [0.15, 0.2) is 0 Å². The van der Waals surface area contributed by atoms with Crippen LogP contribution in [0.4, 0.5) is 5.82 Å². The van der Waals surface area contributed by atoms with Crippen LogP contribution in [-0.2, 0) is 21.5 Å². The molecule has 0 saturated heterocycles. The summed E-state index contributed by atoms with van der Waals surface area (Å²) in [4.78, 5) is 27.4. The van der Waals surface area contributed by atoms with Crippen molar-refractivity contribution in [3.8, 4) is 5.69 Å². The van der Waals surface area contributed by atoms with Crippen molar-refractivity contribution in [1.29, 1.82) is 0 Å². The first kappa shape index (κ1) is 25.8. The van der Waals surface area contributed by atoms with Gasteiger partial charge in [0.05, 0.1) is 34.2 Å². The summed E-state index contributed by atoms with van der Waals surface area (Å²) in [6, 6.07) is 10.5. The van der Waals surface area contributed by atoms with Crippen molar-refractivity contribution in [3.05, 3.63) is 64.2 Å². The van der Waals surface area contributed by atoms with Crippen molar-refractivity contribution >= 4 is 40.8 Å². The molecule has 2 amide bonds. The summed E-state index contributed by atoms with van der Waals surface area (Å²) in [5.41, 5.74) is 1.19. The molecule has 0 saturated carbocycles. The summed E-state index contributed by atoms with van der Waals surface area (Å²) in [7, 11) is 0. The molecule has 0 fully saturated rings. The van der Waals surface area contributed by atoms with Crippen molar-refractivity contribution in [2.75, 3.05) is 11.9 Å². The summed E-state index contributed by atoms with van der Waals surface area (Å²) in [5.74, 6) is 0.795. The van der Waals surface area contributed by atoms with E-state index in [1.807, 2.05) is 40.7 Å². The minimum Gasteiger partial charge on any atom is -0.467 e. The molecule has 0 atom stereocenters. The van der Waals surface area contributed by atoms with Crippen molar-refractivity contribution in [2.45, 2.75) is 53.0 Å². The number of hydrogen-bond donors (Lipinski definition) is 1. The molecule has 182 valence electrons. The molecule has 1 N–H and O–H groups in total. The zero-order chi connectivity index (χ0) is 25.0. The Bertz CT molecular complexity index is 1150. The standard InChI is InChI=1S/C25H30Cl2N4O3/c1-16(2)11-24(33)30(14-18-7-6-10-34-18)15-23(32)28-22-13-21(25(3,4)5)29-31(22)17-8-9-19(26)20(27)12-17/h6-10,12-13,16H,11,14-15H2,1-5H3,(H,28,32). The molecule has 3 rings (SSSR count). The van der Waals surface area contributed by atoms with Gasteiger partial charge in [-0.3, -0.25) is 9.59 Å². The fourth-order valence-electron chi connectivity index (χ4n) is 3.31. The maximum Gasteiger partial charge on any atom is 0.245 e. The van der Waals surface area contributed by atoms with E-state index in [4.69, 9.17) is 32.7 Å². The van der Waals surface area contributed by atoms with E-state index < -0.39 is 0 Å². The van der Waals surface area contributed by atoms with Crippen molar-refractivity contribution < 1.29 is 14.0 Å². The van der Waals surface area contributed by atoms with E-state index in [0.29, 0.717) is 33.7 Å². The SMILES string of the molecule is CC(C)CC(=O)N(CC(=O)Nc1cc(C(C)(C)C)nn1-c1ccc(Cl)c(Cl)c1)Cc1ccco1. The van der Waals surface area contributed by atoms with Crippen LogP contribution in [0, 0.1) is 5.92 Å². The Kier molecular flexibility index (Phi) is 8.10. The molecule has 0 aliphatic carbocycles. The highest BCUT2D eigenvalue weighted by molar-refractivity contribution is 6.42. The van der Waals surface area contributed by atoms with Crippen LogP contribution >= 0.6 is 23.2 Å². The van der Waals surface area contributed by atoms with Gasteiger partial charge in [0.2, 0.25) is 11.8 Å². The number of nitrogens with zero attached hydrogens (tertiary/aromatic N) is 3. The Balaban J connectivity index is 1.87. The molecule has 0 unspecified atom stereocenters. The molecule has 2 aromatic heterocycles. The Morgan fingerprint density at radius 1 is 1.15 bits per heavy atom. The summed E-state index contributed by atoms with van der Waals surface area (Å²) < 4.78 is 7.01. The third-order valence-electron chi connectivity index (χ3n) is 5.09. The van der Waals surface area contributed by atoms with E-state index in [9.17, 15) is 9.59 Å². The molecule has 34 heavy (non-hydrogen) atoms. The average Bonchev–Trinajstić information content (AvgIpc) is 3.39. The molecule has 0 aliphatic heterocycles. The molecule has 9 heteroatoms. The van der Waals surface area contributed by atoms with Gasteiger partial charge in [-0.15, -0.1) is 0 Å². The van der Waals surface area contributed by atoms with Crippen molar-refractivity contribution in [3.63, 3.8) is 0 Å². The monoisotopic (exact) mass is 504 g/mol. The van der Waals surface area contributed by atoms with Crippen LogP contribution in [0.25, 0.3) is 5.69 Å². The normalized spacial score (nSPS) is 11.6. The molecule has 0 radical (unpaired) electrons. The lowest BCUT2D eigenvalue weighted by molar-refractivity contribution is -0.136. The van der Waals surface area contributed by atoms with Gasteiger partial charge in [-0.1, -0.05) is 57.8 Å². The van der Waals surface area contributed by atoms with Crippen LogP contribution in [-0.4, -0.2) is 33.0 Å². The maximum atomic E-state index is 13.1. The largest absolute Gasteiger partial charge is 0.467 e. The first-order chi connectivity index (χ1) is 15.9. The van der Waals surface area contributed by atoms with Gasteiger partial charge in [-0.2, -0.15) is 5.10 Å². The second-order valence-corrected chi connectivity index (χ2v) is 10.5. The summed E-state index contributed by atoms with van der Waals surface area (Å²) in [5, 5.41) is 8.42. The van der Waals surface area contributed by atoms with Gasteiger partial charge in [0, 0.05) is 17.9 Å². The molecule has 1 aromatic carbocycles. The van der Waals surface area contributed by atoms with E-state index in [1.54, 1.807) is 41.3 Å². The highest BCUT2D eigenvalue weighted by Crippen LogP contribution is 2.29. The number of carbonyl (C=O) groups excluding carboxylic acids is 2. The molecule has 3 aromatic rings. The van der Waals surface area contributed by atoms with Crippen LogP contribution < -0.4 is 5.32 Å². The Labute approximate surface area is 210 Å². The predicted octanol–water partition coefficient (Wildman–Crippen LogP) is 6.08. The number of furan rings is 1. The van der Waals surface area contributed by atoms with Crippen molar-refractivity contribution in [1.82, 2.24) is 14.7 Å². The Hall–Kier alpha value is -2.77. The highest BCUT2D eigenvalue weighted by Gasteiger charge is 2.24. The lowest BCUT2D eigenvalue weighted by Gasteiger charge is -2.22. The van der Waals surface area contributed by atoms with E-state index >= 15 is 0 Å². The second kappa shape index (κ2) is 10.7. The van der Waals surface area contributed by atoms with Gasteiger partial charge in [0.1, 0.15) is 18.1 Å². The molecular weight excluding hydrogens is 475 g/mol. The van der Waals surface area contributed by atoms with E-state index in [1.165, 1.54) is 4.90 Å². The first-order valence-corrected chi connectivity index (χ1v) is 11.9. The van der Waals surface area contributed by atoms with Crippen LogP contribution in [0.15, 0.2) is 47.1 Å². The zero-order valence-electron chi connectivity index (χ0n) is 20.1. The fraction of sp³-hybridized carbons (Fsp3) is 0.400. The topological polar surface area (TPSA) is 80.4 Å². The predicted molar refractivity (Wildman–Crippen MR) is 134 cm³/mol. The van der Waals surface area contributed by atoms with Gasteiger partial charge in [-0.25, -0.2) is 4.68 Å². The first-order valence-electron chi connectivity index (χ1n) is 11.1. The molecule has 0 aliphatic rings. The average molecular weight is 505 g/mol. The highest BCUT2D eigenvalue weighted by atomic mass is 35.5. The van der Waals surface area contributed by atoms with Crippen LogP contribution in [0.2, 0.25) is 10.0 Å². The summed E-state index contributed by atoms with van der Waals surface area (Å²) in [6.45, 7) is 10.1. The summed E-state index contributed by atoms with van der Waals surface area (Å²) >= 11 is 12.3. The maximum absolute atomic E-state index is 13.1. The zero-order valence-corrected chi connectivity index (χ0v) is 21.6. The van der Waals surface area contributed by atoms with E-state index in [0.717, 1.165) is 5.69 Å². The number of benzene rings is 1. The lowest BCUT2D eigenvalue weighted by Crippen LogP contribution is -2.38. The molecule has 0 bridgehead atoms. The Morgan fingerprint density at radius 3 is 2.47 bits per heavy atom. The Morgan fingerprint density at radius 2 is 1.88 bits per heavy atom. The molecule has 2 heterocycles. The number of nitrogens with one attached hydrogen (secondary N) is 1. The van der Waals surface area contributed by atoms with Gasteiger partial charge >= 0.3 is 0 Å². The van der Waals surface area contributed by atoms with Crippen molar-refractivity contribution in [2.24, 2.45) is 5.92 Å². The molecule has 7 nitrogen and oxygen atoms in total. The van der Waals surface area contributed by atoms with Gasteiger partial charge in [0.25, 0.3) is 0 Å². The third-order valence-corrected chi connectivity index (χ3v) is 5.83. The van der Waals surface area contributed by atoms with Crippen LogP contribution in [0.1, 0.15) is 52.5 Å². The van der Waals surface area contributed by atoms with Crippen LogP contribution in [0.5, 0.6) is 0 Å². The van der Waals surface area contributed by atoms with Crippen LogP contribution in [0.3, 0.4) is 0 Å².